The zero-order valence-corrected chi connectivity index (χ0v) is 35.6. The second-order valence-electron chi connectivity index (χ2n) is 21.5. The number of ether oxygens (including phenoxy) is 6. The minimum atomic E-state index is -1.72. The van der Waals surface area contributed by atoms with Crippen LogP contribution in [0.15, 0.2) is 12.2 Å². The minimum Gasteiger partial charge on any atom is -0.457 e. The first-order chi connectivity index (χ1) is 27.1. The third-order valence-corrected chi connectivity index (χ3v) is 18.2. The molecule has 7 N–H and O–H groups in total. The number of fused-ring (bicyclic) bond motifs is 4. The molecule has 4 saturated carbocycles. The molecule has 3 heterocycles. The minimum absolute atomic E-state index is 0.0245. The number of hydrogen-bond donors (Lipinski definition) is 7. The van der Waals surface area contributed by atoms with Crippen molar-refractivity contribution < 1.29 is 69.0 Å². The number of esters is 1. The second kappa shape index (κ2) is 14.4. The van der Waals surface area contributed by atoms with Gasteiger partial charge in [-0.05, 0) is 86.4 Å². The van der Waals surface area contributed by atoms with E-state index in [4.69, 9.17) is 28.4 Å². The van der Waals surface area contributed by atoms with Crippen LogP contribution in [0, 0.1) is 50.2 Å². The molecule has 3 saturated heterocycles. The smallest absolute Gasteiger partial charge is 0.303 e. The Balaban J connectivity index is 1.04. The molecule has 21 atom stereocenters. The first kappa shape index (κ1) is 43.4. The summed E-state index contributed by atoms with van der Waals surface area (Å²) >= 11 is 0. The van der Waals surface area contributed by atoms with Crippen LogP contribution >= 0.6 is 0 Å². The molecule has 8 rings (SSSR count). The van der Waals surface area contributed by atoms with Crippen molar-refractivity contribution in [3.63, 3.8) is 0 Å². The van der Waals surface area contributed by atoms with Crippen LogP contribution < -0.4 is 0 Å². The Hall–Kier alpha value is -1.27. The molecule has 7 fully saturated rings. The van der Waals surface area contributed by atoms with E-state index < -0.39 is 97.2 Å². The van der Waals surface area contributed by atoms with E-state index in [1.54, 1.807) is 6.92 Å². The molecule has 5 aliphatic carbocycles. The number of rotatable bonds is 7. The van der Waals surface area contributed by atoms with Gasteiger partial charge in [0, 0.05) is 29.1 Å². The van der Waals surface area contributed by atoms with Crippen LogP contribution in [-0.2, 0) is 33.2 Å². The number of aliphatic hydroxyl groups is 7. The highest BCUT2D eigenvalue weighted by molar-refractivity contribution is 5.66. The van der Waals surface area contributed by atoms with Crippen LogP contribution in [0.3, 0.4) is 0 Å². The van der Waals surface area contributed by atoms with E-state index in [0.29, 0.717) is 19.4 Å². The van der Waals surface area contributed by atoms with E-state index in [1.165, 1.54) is 0 Å². The lowest BCUT2D eigenvalue weighted by molar-refractivity contribution is -0.367. The molecule has 0 aromatic carbocycles. The highest BCUT2D eigenvalue weighted by Crippen LogP contribution is 2.79. The topological polar surface area (TPSA) is 214 Å². The molecular formula is C44H70O14. The molecule has 330 valence electrons. The highest BCUT2D eigenvalue weighted by Gasteiger charge is 2.79. The van der Waals surface area contributed by atoms with Crippen molar-refractivity contribution in [1.29, 1.82) is 0 Å². The zero-order chi connectivity index (χ0) is 42.2. The van der Waals surface area contributed by atoms with Crippen molar-refractivity contribution in [3.05, 3.63) is 12.2 Å². The number of carbonyl (C=O) groups is 1. The lowest BCUT2D eigenvalue weighted by atomic mass is 9.32. The number of carbonyl (C=O) groups excluding carboxylic acids is 1. The van der Waals surface area contributed by atoms with Gasteiger partial charge in [0.05, 0.1) is 43.7 Å². The lowest BCUT2D eigenvalue weighted by Gasteiger charge is -2.73. The van der Waals surface area contributed by atoms with Crippen LogP contribution in [0.5, 0.6) is 0 Å². The predicted octanol–water partition coefficient (Wildman–Crippen LogP) is 2.35. The summed E-state index contributed by atoms with van der Waals surface area (Å²) in [5, 5.41) is 77.9. The van der Waals surface area contributed by atoms with E-state index in [-0.39, 0.29) is 51.4 Å². The number of allylic oxidation sites excluding steroid dienone is 1. The van der Waals surface area contributed by atoms with Gasteiger partial charge < -0.3 is 64.2 Å². The van der Waals surface area contributed by atoms with Crippen LogP contribution in [0.25, 0.3) is 0 Å². The highest BCUT2D eigenvalue weighted by atomic mass is 16.7. The Bertz CT molecular complexity index is 1610. The van der Waals surface area contributed by atoms with Crippen molar-refractivity contribution in [1.82, 2.24) is 0 Å². The van der Waals surface area contributed by atoms with E-state index in [0.717, 1.165) is 45.4 Å². The summed E-state index contributed by atoms with van der Waals surface area (Å²) in [6.45, 7) is 16.4. The zero-order valence-electron chi connectivity index (χ0n) is 35.6. The molecule has 0 amide bonds. The largest absolute Gasteiger partial charge is 0.457 e. The van der Waals surface area contributed by atoms with Gasteiger partial charge in [-0.2, -0.15) is 0 Å². The maximum Gasteiger partial charge on any atom is 0.303 e. The Morgan fingerprint density at radius 1 is 0.793 bits per heavy atom. The van der Waals surface area contributed by atoms with Gasteiger partial charge in [0.15, 0.2) is 18.7 Å². The third-order valence-electron chi connectivity index (χ3n) is 18.2. The molecule has 14 heteroatoms. The average molecular weight is 823 g/mol. The molecule has 58 heavy (non-hydrogen) atoms. The van der Waals surface area contributed by atoms with Gasteiger partial charge in [-0.1, -0.05) is 53.7 Å². The predicted molar refractivity (Wildman–Crippen MR) is 206 cm³/mol. The van der Waals surface area contributed by atoms with Crippen molar-refractivity contribution >= 4 is 5.97 Å². The molecule has 14 nitrogen and oxygen atoms in total. The Kier molecular flexibility index (Phi) is 10.8. The van der Waals surface area contributed by atoms with Gasteiger partial charge in [-0.25, -0.2) is 0 Å². The molecule has 0 unspecified atom stereocenters. The van der Waals surface area contributed by atoms with E-state index in [1.807, 2.05) is 0 Å². The van der Waals surface area contributed by atoms with Crippen LogP contribution in [0.2, 0.25) is 0 Å². The summed E-state index contributed by atoms with van der Waals surface area (Å²) < 4.78 is 36.6. The van der Waals surface area contributed by atoms with Gasteiger partial charge in [0.2, 0.25) is 0 Å². The summed E-state index contributed by atoms with van der Waals surface area (Å²) in [4.78, 5) is 11.8. The Morgan fingerprint density at radius 2 is 1.48 bits per heavy atom. The molecule has 8 aliphatic rings. The molecule has 0 aromatic rings. The van der Waals surface area contributed by atoms with Crippen molar-refractivity contribution in [2.45, 2.75) is 186 Å². The first-order valence-electron chi connectivity index (χ1n) is 21.8. The average Bonchev–Trinajstić information content (AvgIpc) is 3.44. The van der Waals surface area contributed by atoms with Gasteiger partial charge in [-0.3, -0.25) is 4.79 Å². The maximum atomic E-state index is 12.2. The fourth-order valence-electron chi connectivity index (χ4n) is 14.6. The molecule has 2 bridgehead atoms. The Morgan fingerprint density at radius 3 is 2.16 bits per heavy atom. The van der Waals surface area contributed by atoms with Crippen molar-refractivity contribution in [2.75, 3.05) is 19.8 Å². The summed E-state index contributed by atoms with van der Waals surface area (Å²) in [7, 11) is 0. The summed E-state index contributed by atoms with van der Waals surface area (Å²) in [6.07, 6.45) is -3.53. The van der Waals surface area contributed by atoms with Crippen LogP contribution in [0.4, 0.5) is 0 Å². The van der Waals surface area contributed by atoms with E-state index in [9.17, 15) is 40.5 Å². The summed E-state index contributed by atoms with van der Waals surface area (Å²) in [5.74, 6) is -0.369. The van der Waals surface area contributed by atoms with Crippen molar-refractivity contribution in [2.24, 2.45) is 50.2 Å². The molecule has 0 radical (unpaired) electrons. The normalized spacial score (nSPS) is 57.1. The van der Waals surface area contributed by atoms with E-state index >= 15 is 0 Å². The van der Waals surface area contributed by atoms with Gasteiger partial charge in [0.25, 0.3) is 0 Å². The van der Waals surface area contributed by atoms with Crippen LogP contribution in [0.1, 0.15) is 107 Å². The van der Waals surface area contributed by atoms with Gasteiger partial charge in [0.1, 0.15) is 36.6 Å². The number of hydrogen-bond acceptors (Lipinski definition) is 14. The fourth-order valence-corrected chi connectivity index (χ4v) is 14.6. The van der Waals surface area contributed by atoms with Gasteiger partial charge in [-0.15, -0.1) is 0 Å². The molecular weight excluding hydrogens is 752 g/mol. The molecule has 1 spiro atoms. The van der Waals surface area contributed by atoms with Gasteiger partial charge >= 0.3 is 5.97 Å². The summed E-state index contributed by atoms with van der Waals surface area (Å²) in [5.41, 5.74) is -1.99. The maximum absolute atomic E-state index is 12.2. The van der Waals surface area contributed by atoms with Crippen LogP contribution in [-0.4, -0.2) is 141 Å². The SMILES string of the molecule is CC(=O)O[C@@H]1[C@@H](O)[C@H](O[C@H]2[C@@H](O)[C@@H](C)O[C@@H](O[C@H]3CC[C@@]4(C)[C@H](CC[C@]5(C)[C@@H]4C=C[C@]46OC[C@@]7(CCC(C)(C)C[C@H]74)[C@H](O)C[C@]65C)[C@]3(C)CO)[C@@H]2O)O[C@H](CO)[C@H]1O. The fraction of sp³-hybridized carbons (Fsp3) is 0.932. The quantitative estimate of drug-likeness (QED) is 0.112. The number of aliphatic hydroxyl groups excluding tert-OH is 7. The first-order valence-corrected chi connectivity index (χ1v) is 21.8. The standard InChI is InChI=1S/C44H70O14/c1-22-30(49)34(58-37-33(52)35(55-23(2)47)31(50)24(19-45)56-37)32(51)36(54-22)57-29-11-12-39(5)25(40(29,6)20-46)9-13-41(7)26(39)10-14-44-27-17-38(3,4)15-16-43(27,21-53-44)28(48)18-42(41,44)8/h10,14,22,24-37,45-46,48-52H,9,11-13,15-21H2,1-8H3/t22-,24-,25+,26-,27-,28-,29+,30+,31-,32-,33-,34+,35+,36+,37+,39+,40+,41-,42+,43-,44+/m1/s1. The van der Waals surface area contributed by atoms with E-state index in [2.05, 4.69) is 53.7 Å². The monoisotopic (exact) mass is 822 g/mol. The molecule has 0 aromatic heterocycles. The Labute approximate surface area is 342 Å². The molecule has 3 aliphatic heterocycles. The van der Waals surface area contributed by atoms with Crippen molar-refractivity contribution in [3.8, 4) is 0 Å². The summed E-state index contributed by atoms with van der Waals surface area (Å²) in [6, 6.07) is 0. The second-order valence-corrected chi connectivity index (χ2v) is 21.5. The third kappa shape index (κ3) is 5.89. The lowest BCUT2D eigenvalue weighted by Crippen LogP contribution is -2.72.